The van der Waals surface area contributed by atoms with Crippen molar-refractivity contribution in [2.75, 3.05) is 0 Å². The lowest BCUT2D eigenvalue weighted by Crippen LogP contribution is -2.25. The smallest absolute Gasteiger partial charge is 0.0540 e. The van der Waals surface area contributed by atoms with Crippen LogP contribution in [0, 0.1) is 5.92 Å². The van der Waals surface area contributed by atoms with Crippen molar-refractivity contribution in [2.24, 2.45) is 13.0 Å². The lowest BCUT2D eigenvalue weighted by Gasteiger charge is -2.17. The van der Waals surface area contributed by atoms with Crippen molar-refractivity contribution in [3.63, 3.8) is 0 Å². The second-order valence-electron chi connectivity index (χ2n) is 4.77. The highest BCUT2D eigenvalue weighted by Gasteiger charge is 2.35. The van der Waals surface area contributed by atoms with E-state index in [-0.39, 0.29) is 0 Å². The van der Waals surface area contributed by atoms with E-state index in [1.165, 1.54) is 30.5 Å². The van der Waals surface area contributed by atoms with Crippen LogP contribution < -0.4 is 5.32 Å². The van der Waals surface area contributed by atoms with E-state index < -0.39 is 0 Å². The Morgan fingerprint density at radius 3 is 3.00 bits per heavy atom. The van der Waals surface area contributed by atoms with E-state index >= 15 is 0 Å². The first-order valence-electron chi connectivity index (χ1n) is 5.52. The summed E-state index contributed by atoms with van der Waals surface area (Å²) in [6.45, 7) is 2.33. The minimum absolute atomic E-state index is 0.561. The zero-order valence-corrected chi connectivity index (χ0v) is 8.83. The third-order valence-corrected chi connectivity index (χ3v) is 3.51. The van der Waals surface area contributed by atoms with Crippen LogP contribution in [-0.4, -0.2) is 15.8 Å². The summed E-state index contributed by atoms with van der Waals surface area (Å²) in [5, 5.41) is 8.05. The van der Waals surface area contributed by atoms with Gasteiger partial charge in [-0.15, -0.1) is 0 Å². The molecule has 1 saturated carbocycles. The monoisotopic (exact) mass is 191 g/mol. The summed E-state index contributed by atoms with van der Waals surface area (Å²) in [5.41, 5.74) is 2.86. The van der Waals surface area contributed by atoms with Crippen molar-refractivity contribution in [3.8, 4) is 0 Å². The van der Waals surface area contributed by atoms with E-state index in [9.17, 15) is 0 Å². The van der Waals surface area contributed by atoms with Crippen molar-refractivity contribution in [2.45, 2.75) is 38.3 Å². The lowest BCUT2D eigenvalue weighted by atomic mass is 10.0. The zero-order chi connectivity index (χ0) is 9.71. The zero-order valence-electron chi connectivity index (χ0n) is 8.83. The van der Waals surface area contributed by atoms with Crippen LogP contribution in [0.25, 0.3) is 0 Å². The Morgan fingerprint density at radius 2 is 2.29 bits per heavy atom. The Hall–Kier alpha value is -0.830. The molecule has 0 aromatic carbocycles. The van der Waals surface area contributed by atoms with Gasteiger partial charge in [-0.1, -0.05) is 6.92 Å². The molecule has 3 heteroatoms. The van der Waals surface area contributed by atoms with Crippen LogP contribution in [-0.2, 0) is 13.5 Å². The number of aryl methyl sites for hydroxylation is 1. The largest absolute Gasteiger partial charge is 0.307 e. The first-order valence-corrected chi connectivity index (χ1v) is 5.52. The summed E-state index contributed by atoms with van der Waals surface area (Å²) in [5.74, 6) is 0.731. The van der Waals surface area contributed by atoms with Crippen LogP contribution in [0.2, 0.25) is 0 Å². The molecule has 3 rings (SSSR count). The van der Waals surface area contributed by atoms with Gasteiger partial charge in [0.2, 0.25) is 0 Å². The van der Waals surface area contributed by atoms with E-state index in [0.717, 1.165) is 12.0 Å². The fourth-order valence-corrected chi connectivity index (χ4v) is 2.48. The van der Waals surface area contributed by atoms with Crippen molar-refractivity contribution >= 4 is 0 Å². The maximum atomic E-state index is 4.33. The van der Waals surface area contributed by atoms with Crippen molar-refractivity contribution in [1.82, 2.24) is 15.1 Å². The molecule has 14 heavy (non-hydrogen) atoms. The van der Waals surface area contributed by atoms with Gasteiger partial charge in [0.25, 0.3) is 0 Å². The topological polar surface area (TPSA) is 29.9 Å². The summed E-state index contributed by atoms with van der Waals surface area (Å²) in [7, 11) is 2.05. The molecule has 2 aliphatic carbocycles. The van der Waals surface area contributed by atoms with Gasteiger partial charge in [0, 0.05) is 30.4 Å². The number of rotatable bonds is 2. The number of hydrogen-bond acceptors (Lipinski definition) is 2. The molecule has 0 aliphatic heterocycles. The van der Waals surface area contributed by atoms with Crippen LogP contribution >= 0.6 is 0 Å². The molecule has 76 valence electrons. The van der Waals surface area contributed by atoms with E-state index in [2.05, 4.69) is 17.3 Å². The van der Waals surface area contributed by atoms with E-state index in [1.54, 1.807) is 0 Å². The fourth-order valence-electron chi connectivity index (χ4n) is 2.48. The molecule has 2 unspecified atom stereocenters. The molecular weight excluding hydrogens is 174 g/mol. The van der Waals surface area contributed by atoms with E-state index in [4.69, 9.17) is 0 Å². The quantitative estimate of drug-likeness (QED) is 0.766. The van der Waals surface area contributed by atoms with Gasteiger partial charge >= 0.3 is 0 Å². The Morgan fingerprint density at radius 1 is 1.50 bits per heavy atom. The van der Waals surface area contributed by atoms with E-state index in [1.807, 2.05) is 17.9 Å². The normalized spacial score (nSPS) is 30.7. The molecule has 0 bridgehead atoms. The van der Waals surface area contributed by atoms with E-state index in [0.29, 0.717) is 6.04 Å². The number of aromatic nitrogens is 2. The Labute approximate surface area is 84.5 Å². The Bertz CT molecular complexity index is 351. The van der Waals surface area contributed by atoms with Gasteiger partial charge in [-0.05, 0) is 25.2 Å². The summed E-state index contributed by atoms with van der Waals surface area (Å²) in [4.78, 5) is 0. The summed E-state index contributed by atoms with van der Waals surface area (Å²) < 4.78 is 2.03. The molecule has 0 radical (unpaired) electrons. The summed E-state index contributed by atoms with van der Waals surface area (Å²) in [6.07, 6.45) is 5.94. The molecule has 1 aromatic heterocycles. The third-order valence-electron chi connectivity index (χ3n) is 3.51. The van der Waals surface area contributed by atoms with Gasteiger partial charge in [0.15, 0.2) is 0 Å². The van der Waals surface area contributed by atoms with Gasteiger partial charge in [-0.3, -0.25) is 4.68 Å². The van der Waals surface area contributed by atoms with Crippen molar-refractivity contribution in [1.29, 1.82) is 0 Å². The van der Waals surface area contributed by atoms with Gasteiger partial charge in [-0.25, -0.2) is 0 Å². The molecule has 0 saturated heterocycles. The minimum atomic E-state index is 0.561. The summed E-state index contributed by atoms with van der Waals surface area (Å²) in [6, 6.07) is 1.35. The van der Waals surface area contributed by atoms with Crippen LogP contribution in [0.3, 0.4) is 0 Å². The predicted molar refractivity (Wildman–Crippen MR) is 55.0 cm³/mol. The van der Waals surface area contributed by atoms with Crippen LogP contribution in [0.15, 0.2) is 6.20 Å². The molecule has 1 heterocycles. The van der Waals surface area contributed by atoms with Crippen molar-refractivity contribution < 1.29 is 0 Å². The highest BCUT2D eigenvalue weighted by Crippen LogP contribution is 2.37. The van der Waals surface area contributed by atoms with Crippen LogP contribution in [0.4, 0.5) is 0 Å². The number of nitrogens with zero attached hydrogens (tertiary/aromatic N) is 2. The number of nitrogens with one attached hydrogen (secondary N) is 1. The standard InChI is InChI=1S/C11H17N3/c1-7-5-10-9(6-12-14(10)2)11(7)13-8-3-4-8/h6-8,11,13H,3-5H2,1-2H3. The van der Waals surface area contributed by atoms with Crippen molar-refractivity contribution in [3.05, 3.63) is 17.5 Å². The molecule has 1 fully saturated rings. The first-order chi connectivity index (χ1) is 6.75. The lowest BCUT2D eigenvalue weighted by molar-refractivity contribution is 0.409. The molecule has 2 atom stereocenters. The fraction of sp³-hybridized carbons (Fsp3) is 0.727. The minimum Gasteiger partial charge on any atom is -0.307 e. The van der Waals surface area contributed by atoms with Gasteiger partial charge in [0.1, 0.15) is 0 Å². The molecule has 1 aromatic rings. The Balaban J connectivity index is 1.88. The highest BCUT2D eigenvalue weighted by atomic mass is 15.3. The molecule has 0 amide bonds. The maximum absolute atomic E-state index is 4.33. The number of hydrogen-bond donors (Lipinski definition) is 1. The molecule has 2 aliphatic rings. The maximum Gasteiger partial charge on any atom is 0.0540 e. The highest BCUT2D eigenvalue weighted by molar-refractivity contribution is 5.29. The molecule has 3 nitrogen and oxygen atoms in total. The van der Waals surface area contributed by atoms with Crippen LogP contribution in [0.5, 0.6) is 0 Å². The predicted octanol–water partition coefficient (Wildman–Crippen LogP) is 1.41. The van der Waals surface area contributed by atoms with Gasteiger partial charge < -0.3 is 5.32 Å². The second-order valence-corrected chi connectivity index (χ2v) is 4.77. The average Bonchev–Trinajstić information content (AvgIpc) is 2.84. The Kier molecular flexibility index (Phi) is 1.71. The second kappa shape index (κ2) is 2.83. The third kappa shape index (κ3) is 1.19. The van der Waals surface area contributed by atoms with Gasteiger partial charge in [0.05, 0.1) is 6.20 Å². The van der Waals surface area contributed by atoms with Gasteiger partial charge in [-0.2, -0.15) is 5.10 Å². The average molecular weight is 191 g/mol. The summed E-state index contributed by atoms with van der Waals surface area (Å²) >= 11 is 0. The number of fused-ring (bicyclic) bond motifs is 1. The molecule has 0 spiro atoms. The SMILES string of the molecule is CC1Cc2c(cnn2C)C1NC1CC1. The van der Waals surface area contributed by atoms with Crippen LogP contribution in [0.1, 0.15) is 37.1 Å². The molecule has 1 N–H and O–H groups in total. The molecular formula is C11H17N3. The first kappa shape index (κ1) is 8.48.